The first-order valence-electron chi connectivity index (χ1n) is 6.64. The normalized spacial score (nSPS) is 25.4. The van der Waals surface area contributed by atoms with Crippen molar-refractivity contribution < 1.29 is 0 Å². The highest BCUT2D eigenvalue weighted by atomic mass is 15.2. The van der Waals surface area contributed by atoms with E-state index in [4.69, 9.17) is 5.73 Å². The Balaban J connectivity index is 2.13. The Morgan fingerprint density at radius 1 is 1.47 bits per heavy atom. The smallest absolute Gasteiger partial charge is 0.0588 e. The highest BCUT2D eigenvalue weighted by Gasteiger charge is 2.29. The third kappa shape index (κ3) is 2.67. The first-order valence-corrected chi connectivity index (χ1v) is 6.64. The summed E-state index contributed by atoms with van der Waals surface area (Å²) in [6.45, 7) is 6.13. The highest BCUT2D eigenvalue weighted by Crippen LogP contribution is 2.27. The fourth-order valence-corrected chi connectivity index (χ4v) is 2.82. The van der Waals surface area contributed by atoms with Crippen LogP contribution in [0.2, 0.25) is 0 Å². The largest absolute Gasteiger partial charge is 0.326 e. The van der Waals surface area contributed by atoms with E-state index in [0.717, 1.165) is 18.3 Å². The summed E-state index contributed by atoms with van der Waals surface area (Å²) in [5.41, 5.74) is 8.10. The lowest BCUT2D eigenvalue weighted by Crippen LogP contribution is -2.34. The number of nitrogens with two attached hydrogens (primary N) is 1. The number of pyridine rings is 1. The maximum atomic E-state index is 5.77. The predicted molar refractivity (Wildman–Crippen MR) is 70.4 cm³/mol. The van der Waals surface area contributed by atoms with E-state index in [0.29, 0.717) is 12.6 Å². The number of aromatic nitrogens is 1. The minimum absolute atomic E-state index is 0.586. The number of hydrogen-bond donors (Lipinski definition) is 1. The van der Waals surface area contributed by atoms with Gasteiger partial charge in [0.05, 0.1) is 5.69 Å². The van der Waals surface area contributed by atoms with Crippen LogP contribution in [0.4, 0.5) is 0 Å². The molecule has 0 aliphatic carbocycles. The van der Waals surface area contributed by atoms with Crippen molar-refractivity contribution in [2.24, 2.45) is 5.73 Å². The van der Waals surface area contributed by atoms with Crippen molar-refractivity contribution >= 4 is 0 Å². The third-order valence-electron chi connectivity index (χ3n) is 3.96. The number of nitrogens with zero attached hydrogens (tertiary/aromatic N) is 2. The molecule has 2 unspecified atom stereocenters. The van der Waals surface area contributed by atoms with E-state index in [1.165, 1.54) is 24.8 Å². The zero-order chi connectivity index (χ0) is 12.3. The molecule has 1 aromatic rings. The summed E-state index contributed by atoms with van der Waals surface area (Å²) in [5, 5.41) is 0. The monoisotopic (exact) mass is 233 g/mol. The van der Waals surface area contributed by atoms with Crippen LogP contribution in [0.3, 0.4) is 0 Å². The van der Waals surface area contributed by atoms with Crippen LogP contribution in [0.1, 0.15) is 44.4 Å². The molecule has 0 amide bonds. The van der Waals surface area contributed by atoms with Gasteiger partial charge < -0.3 is 5.73 Å². The van der Waals surface area contributed by atoms with Gasteiger partial charge in [-0.3, -0.25) is 9.88 Å². The van der Waals surface area contributed by atoms with Gasteiger partial charge in [0.2, 0.25) is 0 Å². The van der Waals surface area contributed by atoms with Crippen LogP contribution in [0, 0.1) is 0 Å². The number of rotatable bonds is 4. The Morgan fingerprint density at radius 3 is 3.00 bits per heavy atom. The molecule has 1 aliphatic rings. The molecule has 2 rings (SSSR count). The molecule has 0 aromatic carbocycles. The molecule has 0 saturated carbocycles. The van der Waals surface area contributed by atoms with Crippen molar-refractivity contribution in [2.45, 2.75) is 58.3 Å². The van der Waals surface area contributed by atoms with Gasteiger partial charge in [-0.05, 0) is 37.8 Å². The van der Waals surface area contributed by atoms with E-state index in [9.17, 15) is 0 Å². The second-order valence-corrected chi connectivity index (χ2v) is 4.97. The van der Waals surface area contributed by atoms with Crippen molar-refractivity contribution in [2.75, 3.05) is 0 Å². The van der Waals surface area contributed by atoms with Gasteiger partial charge in [-0.25, -0.2) is 0 Å². The molecule has 1 aromatic heterocycles. The summed E-state index contributed by atoms with van der Waals surface area (Å²) < 4.78 is 0. The lowest BCUT2D eigenvalue weighted by Gasteiger charge is -2.27. The van der Waals surface area contributed by atoms with E-state index in [2.05, 4.69) is 29.8 Å². The topological polar surface area (TPSA) is 42.2 Å². The van der Waals surface area contributed by atoms with E-state index in [1.54, 1.807) is 0 Å². The van der Waals surface area contributed by atoms with E-state index in [1.807, 2.05) is 12.3 Å². The van der Waals surface area contributed by atoms with Crippen LogP contribution in [-0.2, 0) is 13.1 Å². The van der Waals surface area contributed by atoms with E-state index in [-0.39, 0.29) is 0 Å². The van der Waals surface area contributed by atoms with Crippen LogP contribution in [-0.4, -0.2) is 22.0 Å². The van der Waals surface area contributed by atoms with Gasteiger partial charge in [0, 0.05) is 31.4 Å². The summed E-state index contributed by atoms with van der Waals surface area (Å²) in [5.74, 6) is 0. The fourth-order valence-electron chi connectivity index (χ4n) is 2.82. The summed E-state index contributed by atoms with van der Waals surface area (Å²) in [4.78, 5) is 7.08. The standard InChI is InChI=1S/C14H23N3/c1-3-13-7-6-11(2)17(13)10-14-12(9-15)5-4-8-16-14/h4-5,8,11,13H,3,6-7,9-10,15H2,1-2H3. The van der Waals surface area contributed by atoms with Crippen molar-refractivity contribution in [3.8, 4) is 0 Å². The van der Waals surface area contributed by atoms with E-state index >= 15 is 0 Å². The van der Waals surface area contributed by atoms with Crippen molar-refractivity contribution in [3.05, 3.63) is 29.6 Å². The Hall–Kier alpha value is -0.930. The molecule has 3 heteroatoms. The molecule has 0 radical (unpaired) electrons. The number of likely N-dealkylation sites (tertiary alicyclic amines) is 1. The third-order valence-corrected chi connectivity index (χ3v) is 3.96. The molecule has 17 heavy (non-hydrogen) atoms. The minimum atomic E-state index is 0.586. The Kier molecular flexibility index (Phi) is 4.13. The fraction of sp³-hybridized carbons (Fsp3) is 0.643. The van der Waals surface area contributed by atoms with Gasteiger partial charge >= 0.3 is 0 Å². The molecule has 94 valence electrons. The Morgan fingerprint density at radius 2 is 2.29 bits per heavy atom. The van der Waals surface area contributed by atoms with Crippen LogP contribution >= 0.6 is 0 Å². The van der Waals surface area contributed by atoms with Gasteiger partial charge in [-0.2, -0.15) is 0 Å². The number of hydrogen-bond acceptors (Lipinski definition) is 3. The molecule has 1 saturated heterocycles. The molecule has 0 spiro atoms. The first kappa shape index (κ1) is 12.5. The Labute approximate surface area is 104 Å². The van der Waals surface area contributed by atoms with Gasteiger partial charge in [-0.15, -0.1) is 0 Å². The van der Waals surface area contributed by atoms with Crippen LogP contribution < -0.4 is 5.73 Å². The maximum absolute atomic E-state index is 5.77. The summed E-state index contributed by atoms with van der Waals surface area (Å²) >= 11 is 0. The average molecular weight is 233 g/mol. The van der Waals surface area contributed by atoms with Gasteiger partial charge in [-0.1, -0.05) is 13.0 Å². The minimum Gasteiger partial charge on any atom is -0.326 e. The lowest BCUT2D eigenvalue weighted by molar-refractivity contribution is 0.187. The SMILES string of the molecule is CCC1CCC(C)N1Cc1ncccc1CN. The van der Waals surface area contributed by atoms with Gasteiger partial charge in [0.1, 0.15) is 0 Å². The van der Waals surface area contributed by atoms with Crippen molar-refractivity contribution in [3.63, 3.8) is 0 Å². The molecular formula is C14H23N3. The van der Waals surface area contributed by atoms with Crippen LogP contribution in [0.15, 0.2) is 18.3 Å². The predicted octanol–water partition coefficient (Wildman–Crippen LogP) is 2.30. The summed E-state index contributed by atoms with van der Waals surface area (Å²) in [6.07, 6.45) is 5.73. The molecule has 2 heterocycles. The summed E-state index contributed by atoms with van der Waals surface area (Å²) in [6, 6.07) is 5.45. The second kappa shape index (κ2) is 5.61. The summed E-state index contributed by atoms with van der Waals surface area (Å²) in [7, 11) is 0. The Bertz CT molecular complexity index is 364. The van der Waals surface area contributed by atoms with Gasteiger partial charge in [0.15, 0.2) is 0 Å². The lowest BCUT2D eigenvalue weighted by atomic mass is 10.1. The first-order chi connectivity index (χ1) is 8.26. The molecule has 2 atom stereocenters. The molecule has 1 fully saturated rings. The van der Waals surface area contributed by atoms with E-state index < -0.39 is 0 Å². The average Bonchev–Trinajstić information content (AvgIpc) is 2.71. The highest BCUT2D eigenvalue weighted by molar-refractivity contribution is 5.19. The molecule has 0 bridgehead atoms. The van der Waals surface area contributed by atoms with Crippen LogP contribution in [0.5, 0.6) is 0 Å². The molecule has 2 N–H and O–H groups in total. The van der Waals surface area contributed by atoms with Crippen molar-refractivity contribution in [1.82, 2.24) is 9.88 Å². The van der Waals surface area contributed by atoms with Gasteiger partial charge in [0.25, 0.3) is 0 Å². The molecule has 3 nitrogen and oxygen atoms in total. The quantitative estimate of drug-likeness (QED) is 0.867. The molecule has 1 aliphatic heterocycles. The molecular weight excluding hydrogens is 210 g/mol. The van der Waals surface area contributed by atoms with Crippen LogP contribution in [0.25, 0.3) is 0 Å². The zero-order valence-electron chi connectivity index (χ0n) is 10.9. The zero-order valence-corrected chi connectivity index (χ0v) is 10.9. The van der Waals surface area contributed by atoms with Crippen molar-refractivity contribution in [1.29, 1.82) is 0 Å². The maximum Gasteiger partial charge on any atom is 0.0588 e. The second-order valence-electron chi connectivity index (χ2n) is 4.97.